The highest BCUT2D eigenvalue weighted by atomic mass is 35.5. The van der Waals surface area contributed by atoms with E-state index in [9.17, 15) is 4.79 Å². The van der Waals surface area contributed by atoms with Crippen LogP contribution >= 0.6 is 23.2 Å². The Balaban J connectivity index is 1.50. The fourth-order valence-electron chi connectivity index (χ4n) is 3.29. The third-order valence-corrected chi connectivity index (χ3v) is 5.58. The number of hydrogen-bond donors (Lipinski definition) is 1. The number of amides is 1. The lowest BCUT2D eigenvalue weighted by Crippen LogP contribution is -2.17. The van der Waals surface area contributed by atoms with Crippen LogP contribution in [0.1, 0.15) is 21.5 Å². The summed E-state index contributed by atoms with van der Waals surface area (Å²) in [7, 11) is 1.56. The number of rotatable bonds is 7. The van der Waals surface area contributed by atoms with Crippen LogP contribution in [-0.4, -0.2) is 19.2 Å². The van der Waals surface area contributed by atoms with Crippen molar-refractivity contribution in [3.05, 3.63) is 106 Å². The quantitative estimate of drug-likeness (QED) is 0.243. The van der Waals surface area contributed by atoms with E-state index >= 15 is 0 Å². The number of fused-ring (bicyclic) bond motifs is 1. The van der Waals surface area contributed by atoms with Gasteiger partial charge in [0, 0.05) is 26.7 Å². The molecule has 1 N–H and O–H groups in total. The summed E-state index contributed by atoms with van der Waals surface area (Å²) < 4.78 is 11.4. The second-order valence-electron chi connectivity index (χ2n) is 7.16. The lowest BCUT2D eigenvalue weighted by Gasteiger charge is -2.14. The third kappa shape index (κ3) is 5.45. The first-order valence-electron chi connectivity index (χ1n) is 10.1. The molecule has 0 aliphatic heterocycles. The van der Waals surface area contributed by atoms with Crippen molar-refractivity contribution in [3.63, 3.8) is 0 Å². The number of carbonyl (C=O) groups excluding carboxylic acids is 1. The average Bonchev–Trinajstić information content (AvgIpc) is 2.83. The monoisotopic (exact) mass is 478 g/mol. The second-order valence-corrected chi connectivity index (χ2v) is 8.01. The Bertz CT molecular complexity index is 1340. The molecule has 7 heteroatoms. The highest BCUT2D eigenvalue weighted by molar-refractivity contribution is 6.35. The maximum Gasteiger partial charge on any atom is 0.271 e. The van der Waals surface area contributed by atoms with Gasteiger partial charge in [0.1, 0.15) is 6.61 Å². The van der Waals surface area contributed by atoms with E-state index < -0.39 is 0 Å². The molecule has 33 heavy (non-hydrogen) atoms. The summed E-state index contributed by atoms with van der Waals surface area (Å²) in [6.45, 7) is 0.209. The summed E-state index contributed by atoms with van der Waals surface area (Å²) in [6, 6.07) is 24.0. The highest BCUT2D eigenvalue weighted by Crippen LogP contribution is 2.32. The molecule has 0 spiro atoms. The van der Waals surface area contributed by atoms with Crippen LogP contribution in [0.4, 0.5) is 0 Å². The fraction of sp³-hybridized carbons (Fsp3) is 0.0769. The smallest absolute Gasteiger partial charge is 0.271 e. The maximum absolute atomic E-state index is 12.6. The van der Waals surface area contributed by atoms with Gasteiger partial charge in [-0.3, -0.25) is 4.79 Å². The number of hydrogen-bond acceptors (Lipinski definition) is 4. The van der Waals surface area contributed by atoms with Crippen molar-refractivity contribution >= 4 is 46.1 Å². The van der Waals surface area contributed by atoms with Gasteiger partial charge >= 0.3 is 0 Å². The van der Waals surface area contributed by atoms with Gasteiger partial charge in [0.05, 0.1) is 13.3 Å². The van der Waals surface area contributed by atoms with Crippen LogP contribution < -0.4 is 14.9 Å². The Labute approximate surface area is 201 Å². The van der Waals surface area contributed by atoms with Crippen LogP contribution in [0.15, 0.2) is 84.0 Å². The van der Waals surface area contributed by atoms with Crippen LogP contribution in [0, 0.1) is 0 Å². The van der Waals surface area contributed by atoms with Gasteiger partial charge < -0.3 is 9.47 Å². The van der Waals surface area contributed by atoms with Gasteiger partial charge in [0.2, 0.25) is 0 Å². The van der Waals surface area contributed by atoms with Crippen molar-refractivity contribution in [2.45, 2.75) is 6.61 Å². The Kier molecular flexibility index (Phi) is 7.13. The molecule has 166 valence electrons. The van der Waals surface area contributed by atoms with Crippen molar-refractivity contribution < 1.29 is 14.3 Å². The average molecular weight is 479 g/mol. The molecule has 0 saturated carbocycles. The van der Waals surface area contributed by atoms with Crippen LogP contribution in [0.5, 0.6) is 11.5 Å². The number of benzene rings is 4. The molecular formula is C26H20Cl2N2O3. The molecule has 1 amide bonds. The minimum absolute atomic E-state index is 0.209. The first kappa shape index (κ1) is 22.6. The number of nitrogens with zero attached hydrogens (tertiary/aromatic N) is 1. The maximum atomic E-state index is 12.6. The first-order valence-corrected chi connectivity index (χ1v) is 10.9. The molecule has 0 fully saturated rings. The fourth-order valence-corrected chi connectivity index (χ4v) is 3.76. The number of methoxy groups -OCH3 is 1. The normalized spacial score (nSPS) is 11.0. The molecule has 5 nitrogen and oxygen atoms in total. The summed E-state index contributed by atoms with van der Waals surface area (Å²) in [4.78, 5) is 12.6. The predicted octanol–water partition coefficient (Wildman–Crippen LogP) is 6.50. The number of ether oxygens (including phenoxy) is 2. The van der Waals surface area contributed by atoms with Crippen LogP contribution in [0.25, 0.3) is 10.8 Å². The van der Waals surface area contributed by atoms with E-state index in [1.807, 2.05) is 48.5 Å². The molecule has 4 aromatic rings. The summed E-state index contributed by atoms with van der Waals surface area (Å²) in [5.41, 5.74) is 4.50. The van der Waals surface area contributed by atoms with E-state index in [0.717, 1.165) is 16.3 Å². The molecule has 4 aromatic carbocycles. The van der Waals surface area contributed by atoms with Crippen molar-refractivity contribution in [1.82, 2.24) is 5.43 Å². The minimum Gasteiger partial charge on any atom is -0.493 e. The van der Waals surface area contributed by atoms with E-state index in [-0.39, 0.29) is 12.5 Å². The lowest BCUT2D eigenvalue weighted by molar-refractivity contribution is 0.0955. The molecule has 0 heterocycles. The number of hydrazone groups is 1. The lowest BCUT2D eigenvalue weighted by atomic mass is 10.1. The van der Waals surface area contributed by atoms with Gasteiger partial charge in [-0.15, -0.1) is 0 Å². The zero-order valence-corrected chi connectivity index (χ0v) is 19.2. The molecule has 0 aliphatic rings. The summed E-state index contributed by atoms with van der Waals surface area (Å²) in [5.74, 6) is 0.704. The largest absolute Gasteiger partial charge is 0.493 e. The third-order valence-electron chi connectivity index (χ3n) is 5.00. The minimum atomic E-state index is -0.310. The first-order chi connectivity index (χ1) is 16.0. The Morgan fingerprint density at radius 1 is 0.970 bits per heavy atom. The van der Waals surface area contributed by atoms with Gasteiger partial charge in [0.15, 0.2) is 11.5 Å². The number of halogens is 2. The molecule has 0 saturated heterocycles. The molecular weight excluding hydrogens is 459 g/mol. The Hall–Kier alpha value is -3.54. The Morgan fingerprint density at radius 2 is 1.79 bits per heavy atom. The predicted molar refractivity (Wildman–Crippen MR) is 133 cm³/mol. The zero-order chi connectivity index (χ0) is 23.2. The zero-order valence-electron chi connectivity index (χ0n) is 17.7. The van der Waals surface area contributed by atoms with Gasteiger partial charge in [0.25, 0.3) is 5.91 Å². The summed E-state index contributed by atoms with van der Waals surface area (Å²) in [5, 5.41) is 7.23. The van der Waals surface area contributed by atoms with Crippen LogP contribution in [0.2, 0.25) is 10.0 Å². The van der Waals surface area contributed by atoms with Gasteiger partial charge in [-0.2, -0.15) is 5.10 Å². The van der Waals surface area contributed by atoms with E-state index in [2.05, 4.69) is 10.5 Å². The molecule has 0 bridgehead atoms. The summed E-state index contributed by atoms with van der Waals surface area (Å²) in [6.07, 6.45) is 1.51. The SMILES string of the molecule is COc1cccc(C=NNC(=O)c2ccc3ccccc3c2)c1OCc1ccc(Cl)cc1Cl. The molecule has 0 unspecified atom stereocenters. The molecule has 4 rings (SSSR count). The molecule has 0 aliphatic carbocycles. The van der Waals surface area contributed by atoms with Crippen LogP contribution in [-0.2, 0) is 6.61 Å². The van der Waals surface area contributed by atoms with E-state index in [0.29, 0.717) is 32.7 Å². The van der Waals surface area contributed by atoms with Crippen molar-refractivity contribution in [2.75, 3.05) is 7.11 Å². The van der Waals surface area contributed by atoms with Crippen LogP contribution in [0.3, 0.4) is 0 Å². The van der Waals surface area contributed by atoms with Crippen molar-refractivity contribution in [3.8, 4) is 11.5 Å². The number of nitrogens with one attached hydrogen (secondary N) is 1. The topological polar surface area (TPSA) is 59.9 Å². The van der Waals surface area contributed by atoms with Gasteiger partial charge in [-0.25, -0.2) is 5.43 Å². The molecule has 0 radical (unpaired) electrons. The highest BCUT2D eigenvalue weighted by Gasteiger charge is 2.12. The van der Waals surface area contributed by atoms with Gasteiger partial charge in [-0.05, 0) is 47.2 Å². The molecule has 0 aromatic heterocycles. The number of carbonyl (C=O) groups is 1. The Morgan fingerprint density at radius 3 is 2.58 bits per heavy atom. The van der Waals surface area contributed by atoms with E-state index in [1.165, 1.54) is 6.21 Å². The standard InChI is InChI=1S/C26H20Cl2N2O3/c1-32-24-8-4-7-20(25(24)33-16-21-11-12-22(27)14-23(21)28)15-29-30-26(31)19-10-9-17-5-2-3-6-18(17)13-19/h2-15H,16H2,1H3,(H,30,31). The molecule has 0 atom stereocenters. The van der Waals surface area contributed by atoms with E-state index in [4.69, 9.17) is 32.7 Å². The van der Waals surface area contributed by atoms with Gasteiger partial charge in [-0.1, -0.05) is 65.7 Å². The van der Waals surface area contributed by atoms with E-state index in [1.54, 1.807) is 37.4 Å². The van der Waals surface area contributed by atoms with Crippen molar-refractivity contribution in [2.24, 2.45) is 5.10 Å². The van der Waals surface area contributed by atoms with Crippen molar-refractivity contribution in [1.29, 1.82) is 0 Å². The second kappa shape index (κ2) is 10.4. The number of para-hydroxylation sites is 1. The summed E-state index contributed by atoms with van der Waals surface area (Å²) >= 11 is 12.2.